The third kappa shape index (κ3) is 5.15. The molecule has 0 aromatic heterocycles. The summed E-state index contributed by atoms with van der Waals surface area (Å²) in [5, 5.41) is 19.8. The number of hydrogen-bond acceptors (Lipinski definition) is 7. The number of nitrogens with zero attached hydrogens (tertiary/aromatic N) is 1. The molecule has 1 unspecified atom stereocenters. The van der Waals surface area contributed by atoms with Crippen LogP contribution in [0, 0.1) is 0 Å². The summed E-state index contributed by atoms with van der Waals surface area (Å²) >= 11 is 0. The van der Waals surface area contributed by atoms with E-state index >= 15 is 0 Å². The molecule has 0 aliphatic carbocycles. The number of rotatable bonds is 7. The van der Waals surface area contributed by atoms with Crippen LogP contribution >= 0.6 is 7.82 Å². The van der Waals surface area contributed by atoms with Gasteiger partial charge in [0.15, 0.2) is 17.0 Å². The summed E-state index contributed by atoms with van der Waals surface area (Å²) in [7, 11) is -4.87. The van der Waals surface area contributed by atoms with Gasteiger partial charge in [0.1, 0.15) is 0 Å². The van der Waals surface area contributed by atoms with Crippen molar-refractivity contribution in [1.29, 1.82) is 0 Å². The van der Waals surface area contributed by atoms with Crippen LogP contribution in [-0.4, -0.2) is 48.5 Å². The van der Waals surface area contributed by atoms with E-state index < -0.39 is 42.8 Å². The number of phosphoric ester groups is 1. The van der Waals surface area contributed by atoms with Crippen molar-refractivity contribution in [3.05, 3.63) is 23.8 Å². The van der Waals surface area contributed by atoms with Crippen LogP contribution in [0.2, 0.25) is 0 Å². The van der Waals surface area contributed by atoms with Gasteiger partial charge < -0.3 is 20.5 Å². The Morgan fingerprint density at radius 3 is 2.36 bits per heavy atom. The van der Waals surface area contributed by atoms with Crippen LogP contribution in [0.25, 0.3) is 0 Å². The van der Waals surface area contributed by atoms with Crippen molar-refractivity contribution in [2.24, 2.45) is 11.6 Å². The molecule has 12 heteroatoms. The number of aliphatic carboxylic acids is 1. The highest BCUT2D eigenvalue weighted by Crippen LogP contribution is 2.42. The molecule has 1 aromatic carbocycles. The number of carboxylic acids is 1. The highest BCUT2D eigenvalue weighted by Gasteiger charge is 2.42. The largest absolute Gasteiger partial charge is 0.524 e. The van der Waals surface area contributed by atoms with Crippen molar-refractivity contribution < 1.29 is 38.7 Å². The van der Waals surface area contributed by atoms with Gasteiger partial charge in [0, 0.05) is 6.42 Å². The van der Waals surface area contributed by atoms with Crippen LogP contribution in [-0.2, 0) is 20.6 Å². The summed E-state index contributed by atoms with van der Waals surface area (Å²) in [5.41, 5.74) is 3.79. The van der Waals surface area contributed by atoms with E-state index in [0.717, 1.165) is 12.1 Å². The van der Waals surface area contributed by atoms with Crippen molar-refractivity contribution in [3.8, 4) is 11.5 Å². The van der Waals surface area contributed by atoms with E-state index in [-0.39, 0.29) is 12.0 Å². The summed E-state index contributed by atoms with van der Waals surface area (Å²) in [4.78, 5) is 41.0. The van der Waals surface area contributed by atoms with Crippen LogP contribution < -0.4 is 16.1 Å². The summed E-state index contributed by atoms with van der Waals surface area (Å²) in [6.45, 7) is 2.55. The SMILES string of the molecule is C[C@H](N)C(=O)N(N)C(C)(Cc1ccc(OP(=O)(O)O)c(O)c1)C(=O)O. The molecule has 0 spiro atoms. The van der Waals surface area contributed by atoms with Gasteiger partial charge in [-0.1, -0.05) is 6.07 Å². The predicted molar refractivity (Wildman–Crippen MR) is 85.2 cm³/mol. The van der Waals surface area contributed by atoms with E-state index in [4.69, 9.17) is 21.4 Å². The number of phenols is 1. The van der Waals surface area contributed by atoms with Gasteiger partial charge >= 0.3 is 13.8 Å². The Morgan fingerprint density at radius 1 is 1.40 bits per heavy atom. The molecule has 8 N–H and O–H groups in total. The number of aromatic hydroxyl groups is 1. The maximum absolute atomic E-state index is 11.9. The zero-order valence-corrected chi connectivity index (χ0v) is 14.4. The lowest BCUT2D eigenvalue weighted by Crippen LogP contribution is -2.62. The molecule has 1 aromatic rings. The first-order valence-electron chi connectivity index (χ1n) is 6.92. The summed E-state index contributed by atoms with van der Waals surface area (Å²) in [6.07, 6.45) is -0.305. The van der Waals surface area contributed by atoms with E-state index in [1.54, 1.807) is 0 Å². The minimum absolute atomic E-state index is 0.230. The molecule has 0 fully saturated rings. The Balaban J connectivity index is 3.15. The summed E-state index contributed by atoms with van der Waals surface area (Å²) in [6, 6.07) is 2.36. The number of phenolic OH excluding ortho intramolecular Hbond substituents is 1. The normalized spacial score (nSPS) is 15.1. The zero-order valence-electron chi connectivity index (χ0n) is 13.5. The third-order valence-corrected chi connectivity index (χ3v) is 3.84. The number of phosphoric acid groups is 1. The molecule has 11 nitrogen and oxygen atoms in total. The molecule has 140 valence electrons. The van der Waals surface area contributed by atoms with E-state index in [9.17, 15) is 24.4 Å². The fraction of sp³-hybridized carbons (Fsp3) is 0.385. The lowest BCUT2D eigenvalue weighted by molar-refractivity contribution is -0.159. The van der Waals surface area contributed by atoms with Gasteiger partial charge in [-0.2, -0.15) is 0 Å². The number of hydrogen-bond donors (Lipinski definition) is 6. The molecule has 0 aliphatic rings. The first-order chi connectivity index (χ1) is 11.3. The van der Waals surface area contributed by atoms with Gasteiger partial charge in [0.2, 0.25) is 0 Å². The molecule has 1 rings (SSSR count). The fourth-order valence-electron chi connectivity index (χ4n) is 2.00. The Bertz CT molecular complexity index is 719. The second-order valence-electron chi connectivity index (χ2n) is 5.64. The molecule has 0 bridgehead atoms. The molecule has 0 radical (unpaired) electrons. The molecule has 0 saturated heterocycles. The number of nitrogens with two attached hydrogens (primary N) is 2. The molecular weight excluding hydrogens is 357 g/mol. The average molecular weight is 377 g/mol. The van der Waals surface area contributed by atoms with Crippen LogP contribution in [0.15, 0.2) is 18.2 Å². The van der Waals surface area contributed by atoms with Crippen LogP contribution in [0.3, 0.4) is 0 Å². The van der Waals surface area contributed by atoms with Gasteiger partial charge in [0.05, 0.1) is 6.04 Å². The highest BCUT2D eigenvalue weighted by atomic mass is 31.2. The number of carboxylic acid groups (broad SMARTS) is 1. The Labute approximate surface area is 143 Å². The summed E-state index contributed by atoms with van der Waals surface area (Å²) in [5.74, 6) is 2.33. The minimum Gasteiger partial charge on any atom is -0.504 e. The Kier molecular flexibility index (Phi) is 6.16. The first-order valence-corrected chi connectivity index (χ1v) is 8.45. The van der Waals surface area contributed by atoms with E-state index in [1.165, 1.54) is 19.9 Å². The van der Waals surface area contributed by atoms with Crippen molar-refractivity contribution in [2.45, 2.75) is 31.8 Å². The molecule has 2 atom stereocenters. The second kappa shape index (κ2) is 7.38. The molecule has 0 heterocycles. The predicted octanol–water partition coefficient (Wildman–Crippen LogP) is -0.701. The minimum atomic E-state index is -4.87. The first kappa shape index (κ1) is 20.9. The molecule has 1 amide bonds. The zero-order chi connectivity index (χ0) is 19.6. The number of hydrazine groups is 1. The number of amides is 1. The molecule has 25 heavy (non-hydrogen) atoms. The fourth-order valence-corrected chi connectivity index (χ4v) is 2.41. The van der Waals surface area contributed by atoms with E-state index in [2.05, 4.69) is 4.52 Å². The van der Waals surface area contributed by atoms with Crippen molar-refractivity contribution in [2.75, 3.05) is 0 Å². The van der Waals surface area contributed by atoms with Crippen LogP contribution in [0.1, 0.15) is 19.4 Å². The Hall–Kier alpha value is -2.17. The van der Waals surface area contributed by atoms with Gasteiger partial charge in [-0.25, -0.2) is 15.2 Å². The van der Waals surface area contributed by atoms with E-state index in [0.29, 0.717) is 5.01 Å². The third-order valence-electron chi connectivity index (χ3n) is 3.41. The standard InChI is InChI=1S/C13H20N3O8P/c1-7(14)11(18)16(15)13(2,12(19)20)6-8-3-4-10(9(17)5-8)24-25(21,22)23/h3-5,7,17H,6,14-15H2,1-2H3,(H,19,20)(H2,21,22,23)/t7-,13?/m0/s1. The highest BCUT2D eigenvalue weighted by molar-refractivity contribution is 7.46. The van der Waals surface area contributed by atoms with Gasteiger partial charge in [-0.15, -0.1) is 0 Å². The monoisotopic (exact) mass is 377 g/mol. The molecular formula is C13H20N3O8P. The van der Waals surface area contributed by atoms with Crippen molar-refractivity contribution in [1.82, 2.24) is 5.01 Å². The van der Waals surface area contributed by atoms with E-state index in [1.807, 2.05) is 0 Å². The Morgan fingerprint density at radius 2 is 1.96 bits per heavy atom. The topological polar surface area (TPSA) is 197 Å². The van der Waals surface area contributed by atoms with Gasteiger partial charge in [-0.05, 0) is 31.5 Å². The smallest absolute Gasteiger partial charge is 0.504 e. The maximum atomic E-state index is 11.9. The van der Waals surface area contributed by atoms with Crippen LogP contribution in [0.5, 0.6) is 11.5 Å². The second-order valence-corrected chi connectivity index (χ2v) is 6.80. The summed E-state index contributed by atoms with van der Waals surface area (Å²) < 4.78 is 15.1. The van der Waals surface area contributed by atoms with Crippen molar-refractivity contribution >= 4 is 19.7 Å². The van der Waals surface area contributed by atoms with Gasteiger partial charge in [-0.3, -0.25) is 19.6 Å². The number of carbonyl (C=O) groups is 2. The average Bonchev–Trinajstić information content (AvgIpc) is 2.46. The lowest BCUT2D eigenvalue weighted by atomic mass is 9.91. The quantitative estimate of drug-likeness (QED) is 0.153. The lowest BCUT2D eigenvalue weighted by Gasteiger charge is -2.35. The van der Waals surface area contributed by atoms with Gasteiger partial charge in [0.25, 0.3) is 5.91 Å². The maximum Gasteiger partial charge on any atom is 0.524 e. The molecule has 0 saturated carbocycles. The van der Waals surface area contributed by atoms with Crippen molar-refractivity contribution in [3.63, 3.8) is 0 Å². The van der Waals surface area contributed by atoms with Crippen LogP contribution in [0.4, 0.5) is 0 Å². The number of benzene rings is 1. The molecule has 0 aliphatic heterocycles. The number of carbonyl (C=O) groups excluding carboxylic acids is 1.